The van der Waals surface area contributed by atoms with Crippen molar-refractivity contribution < 1.29 is 52.9 Å². The number of rotatable bonds is 11. The topological polar surface area (TPSA) is 166 Å². The Morgan fingerprint density at radius 1 is 0.725 bits per heavy atom. The minimum atomic E-state index is -3.93. The molecule has 0 saturated carbocycles. The number of hydrogen-bond acceptors (Lipinski definition) is 10. The van der Waals surface area contributed by atoms with Gasteiger partial charge in [0, 0.05) is 0 Å². The third kappa shape index (κ3) is 6.62. The zero-order chi connectivity index (χ0) is 28.7. The van der Waals surface area contributed by atoms with E-state index in [1.54, 1.807) is 24.3 Å². The standard InChI is InChI=1S/C28H22O11S/c29-20-5-14-25(26(15-20)27(30)31)28(32)38-21-6-10-23(11-7-21)40(34,35)24-12-8-22(9-13-24)39-37-17-19-4-2-1-3-18(19)16-36-33/h1-15,29,33H,16-17H2,(H,30,31). The normalized spacial score (nSPS) is 11.1. The van der Waals surface area contributed by atoms with Crippen LogP contribution in [0.5, 0.6) is 17.2 Å². The van der Waals surface area contributed by atoms with Gasteiger partial charge in [0.25, 0.3) is 0 Å². The van der Waals surface area contributed by atoms with Crippen LogP contribution in [0.4, 0.5) is 0 Å². The number of aromatic hydroxyl groups is 1. The second-order valence-corrected chi connectivity index (χ2v) is 10.2. The second-order valence-electron chi connectivity index (χ2n) is 8.26. The van der Waals surface area contributed by atoms with Gasteiger partial charge in [0.05, 0.1) is 20.9 Å². The minimum Gasteiger partial charge on any atom is -0.508 e. The summed E-state index contributed by atoms with van der Waals surface area (Å²) < 4.78 is 31.3. The van der Waals surface area contributed by atoms with E-state index in [1.165, 1.54) is 48.5 Å². The largest absolute Gasteiger partial charge is 0.508 e. The maximum absolute atomic E-state index is 13.0. The summed E-state index contributed by atoms with van der Waals surface area (Å²) in [6.45, 7) is 0.0421. The first-order chi connectivity index (χ1) is 19.2. The molecule has 0 radical (unpaired) electrons. The number of benzene rings is 4. The monoisotopic (exact) mass is 566 g/mol. The van der Waals surface area contributed by atoms with E-state index in [-0.39, 0.29) is 45.8 Å². The average molecular weight is 567 g/mol. The Kier molecular flexibility index (Phi) is 8.76. The predicted octanol–water partition coefficient (Wildman–Crippen LogP) is 4.64. The van der Waals surface area contributed by atoms with Crippen molar-refractivity contribution in [1.29, 1.82) is 0 Å². The zero-order valence-electron chi connectivity index (χ0n) is 20.6. The number of phenols is 1. The molecule has 206 valence electrons. The van der Waals surface area contributed by atoms with Crippen LogP contribution in [0.15, 0.2) is 101 Å². The summed E-state index contributed by atoms with van der Waals surface area (Å²) in [6.07, 6.45) is 0. The van der Waals surface area contributed by atoms with Crippen molar-refractivity contribution in [3.8, 4) is 17.2 Å². The molecule has 3 N–H and O–H groups in total. The number of carbonyl (C=O) groups is 2. The molecule has 4 aromatic rings. The van der Waals surface area contributed by atoms with Gasteiger partial charge in [-0.05, 0) is 77.9 Å². The van der Waals surface area contributed by atoms with Crippen LogP contribution in [-0.2, 0) is 32.8 Å². The molecule has 4 aromatic carbocycles. The van der Waals surface area contributed by atoms with Crippen molar-refractivity contribution >= 4 is 21.8 Å². The Bertz CT molecular complexity index is 1610. The third-order valence-corrected chi connectivity index (χ3v) is 7.43. The molecule has 12 heteroatoms. The lowest BCUT2D eigenvalue weighted by atomic mass is 10.1. The zero-order valence-corrected chi connectivity index (χ0v) is 21.4. The highest BCUT2D eigenvalue weighted by molar-refractivity contribution is 7.91. The molecule has 0 aliphatic heterocycles. The molecule has 0 saturated heterocycles. The molecule has 0 unspecified atom stereocenters. The van der Waals surface area contributed by atoms with Crippen molar-refractivity contribution in [2.75, 3.05) is 0 Å². The molecule has 4 rings (SSSR count). The Balaban J connectivity index is 1.39. The molecular weight excluding hydrogens is 544 g/mol. The summed E-state index contributed by atoms with van der Waals surface area (Å²) in [5.41, 5.74) is 0.719. The molecule has 0 aromatic heterocycles. The molecule has 0 aliphatic rings. The van der Waals surface area contributed by atoms with Crippen LogP contribution in [0.25, 0.3) is 0 Å². The fourth-order valence-corrected chi connectivity index (χ4v) is 4.88. The van der Waals surface area contributed by atoms with Gasteiger partial charge in [-0.25, -0.2) is 22.9 Å². The van der Waals surface area contributed by atoms with Crippen LogP contribution in [0.2, 0.25) is 0 Å². The molecule has 0 aliphatic carbocycles. The van der Waals surface area contributed by atoms with Gasteiger partial charge in [0.15, 0.2) is 5.75 Å². The van der Waals surface area contributed by atoms with E-state index in [0.717, 1.165) is 23.8 Å². The molecule has 0 heterocycles. The Labute approximate surface area is 228 Å². The van der Waals surface area contributed by atoms with Gasteiger partial charge in [0.1, 0.15) is 24.7 Å². The molecule has 0 atom stereocenters. The highest BCUT2D eigenvalue weighted by atomic mass is 32.2. The van der Waals surface area contributed by atoms with Crippen LogP contribution in [0, 0.1) is 0 Å². The Morgan fingerprint density at radius 3 is 1.88 bits per heavy atom. The van der Waals surface area contributed by atoms with E-state index in [9.17, 15) is 28.2 Å². The fourth-order valence-electron chi connectivity index (χ4n) is 3.62. The molecule has 0 amide bonds. The highest BCUT2D eigenvalue weighted by Crippen LogP contribution is 2.26. The lowest BCUT2D eigenvalue weighted by molar-refractivity contribution is -0.253. The van der Waals surface area contributed by atoms with E-state index in [0.29, 0.717) is 5.56 Å². The SMILES string of the molecule is O=C(O)c1cc(O)ccc1C(=O)Oc1ccc(S(=O)(=O)c2ccc(OOCc3ccccc3COO)cc2)cc1. The van der Waals surface area contributed by atoms with Gasteiger partial charge in [0.2, 0.25) is 9.84 Å². The van der Waals surface area contributed by atoms with E-state index in [2.05, 4.69) is 4.89 Å². The summed E-state index contributed by atoms with van der Waals surface area (Å²) in [7, 11) is -3.93. The van der Waals surface area contributed by atoms with Crippen molar-refractivity contribution in [2.45, 2.75) is 23.0 Å². The van der Waals surface area contributed by atoms with Gasteiger partial charge in [-0.1, -0.05) is 24.3 Å². The van der Waals surface area contributed by atoms with E-state index in [1.807, 2.05) is 0 Å². The lowest BCUT2D eigenvalue weighted by Gasteiger charge is -2.10. The van der Waals surface area contributed by atoms with Crippen LogP contribution in [0.1, 0.15) is 31.8 Å². The maximum atomic E-state index is 13.0. The van der Waals surface area contributed by atoms with E-state index >= 15 is 0 Å². The van der Waals surface area contributed by atoms with Crippen molar-refractivity contribution in [1.82, 2.24) is 0 Å². The van der Waals surface area contributed by atoms with Gasteiger partial charge < -0.3 is 19.8 Å². The van der Waals surface area contributed by atoms with E-state index in [4.69, 9.17) is 19.8 Å². The number of carbonyl (C=O) groups excluding carboxylic acids is 1. The first-order valence-corrected chi connectivity index (χ1v) is 13.0. The molecule has 11 nitrogen and oxygen atoms in total. The number of carboxylic acids is 1. The first kappa shape index (κ1) is 28.3. The van der Waals surface area contributed by atoms with Gasteiger partial charge in [-0.3, -0.25) is 5.26 Å². The average Bonchev–Trinajstić information content (AvgIpc) is 2.94. The van der Waals surface area contributed by atoms with Crippen LogP contribution < -0.4 is 9.62 Å². The van der Waals surface area contributed by atoms with E-state index < -0.39 is 27.3 Å². The lowest BCUT2D eigenvalue weighted by Crippen LogP contribution is -2.14. The summed E-state index contributed by atoms with van der Waals surface area (Å²) in [6, 6.07) is 20.8. The number of sulfone groups is 1. The maximum Gasteiger partial charge on any atom is 0.344 e. The number of phenolic OH excluding ortho intramolecular Hbond substituents is 1. The Hall–Kier alpha value is -4.75. The van der Waals surface area contributed by atoms with Gasteiger partial charge in [-0.15, -0.1) is 0 Å². The molecule has 0 spiro atoms. The fraction of sp³-hybridized carbons (Fsp3) is 0.0714. The van der Waals surface area contributed by atoms with Gasteiger partial charge >= 0.3 is 11.9 Å². The molecule has 0 fully saturated rings. The minimum absolute atomic E-state index is 0.0126. The summed E-state index contributed by atoms with van der Waals surface area (Å²) >= 11 is 0. The third-order valence-electron chi connectivity index (χ3n) is 5.64. The summed E-state index contributed by atoms with van der Waals surface area (Å²) in [4.78, 5) is 38.4. The Morgan fingerprint density at radius 2 is 1.30 bits per heavy atom. The predicted molar refractivity (Wildman–Crippen MR) is 138 cm³/mol. The number of carboxylic acid groups (broad SMARTS) is 1. The highest BCUT2D eigenvalue weighted by Gasteiger charge is 2.21. The number of aromatic carboxylic acids is 1. The van der Waals surface area contributed by atoms with Crippen LogP contribution >= 0.6 is 0 Å². The molecular formula is C28H22O11S. The van der Waals surface area contributed by atoms with Crippen molar-refractivity contribution in [2.24, 2.45) is 0 Å². The summed E-state index contributed by atoms with van der Waals surface area (Å²) in [5.74, 6) is -2.50. The smallest absolute Gasteiger partial charge is 0.344 e. The second kappa shape index (κ2) is 12.4. The van der Waals surface area contributed by atoms with Crippen molar-refractivity contribution in [3.05, 3.63) is 113 Å². The first-order valence-electron chi connectivity index (χ1n) is 11.6. The van der Waals surface area contributed by atoms with Crippen LogP contribution in [-0.4, -0.2) is 35.8 Å². The summed E-state index contributed by atoms with van der Waals surface area (Å²) in [5, 5.41) is 27.4. The van der Waals surface area contributed by atoms with Crippen molar-refractivity contribution in [3.63, 3.8) is 0 Å². The number of esters is 1. The van der Waals surface area contributed by atoms with Crippen LogP contribution in [0.3, 0.4) is 0 Å². The molecule has 0 bridgehead atoms. The quantitative estimate of drug-likeness (QED) is 0.100. The number of hydrogen-bond donors (Lipinski definition) is 3. The molecule has 40 heavy (non-hydrogen) atoms. The van der Waals surface area contributed by atoms with Gasteiger partial charge in [-0.2, -0.15) is 4.89 Å². The number of ether oxygens (including phenoxy) is 1.